The number of anilines is 1. The first-order valence-electron chi connectivity index (χ1n) is 3.94. The summed E-state index contributed by atoms with van der Waals surface area (Å²) >= 11 is 3.20. The van der Waals surface area contributed by atoms with Gasteiger partial charge < -0.3 is 9.08 Å². The molecular weight excluding hydrogens is 218 g/mol. The Bertz CT molecular complexity index is 273. The monoisotopic (exact) mass is 227 g/mol. The van der Waals surface area contributed by atoms with Crippen LogP contribution in [0.1, 0.15) is 11.5 Å². The van der Waals surface area contributed by atoms with Crippen molar-refractivity contribution in [3.05, 3.63) is 29.8 Å². The molecule has 3 heteroatoms. The number of hydrogen-bond acceptors (Lipinski definition) is 2. The van der Waals surface area contributed by atoms with E-state index in [1.165, 1.54) is 5.56 Å². The van der Waals surface area contributed by atoms with Crippen molar-refractivity contribution < 1.29 is 4.74 Å². The molecule has 1 saturated heterocycles. The maximum absolute atomic E-state index is 5.13. The molecule has 0 radical (unpaired) electrons. The molecule has 1 heterocycles. The van der Waals surface area contributed by atoms with Gasteiger partial charge in [-0.15, -0.1) is 0 Å². The molecule has 0 unspecified atom stereocenters. The van der Waals surface area contributed by atoms with Crippen molar-refractivity contribution in [3.8, 4) is 0 Å². The summed E-state index contributed by atoms with van der Waals surface area (Å²) < 4.78 is 8.07. The minimum atomic E-state index is 0.603. The fraction of sp³-hybridized carbons (Fsp3) is 0.333. The predicted octanol–water partition coefficient (Wildman–Crippen LogP) is 2.52. The Kier molecular flexibility index (Phi) is 2.33. The predicted molar refractivity (Wildman–Crippen MR) is 52.6 cm³/mol. The van der Waals surface area contributed by atoms with Gasteiger partial charge in [0.05, 0.1) is 13.2 Å². The molecule has 1 N–H and O–H groups in total. The van der Waals surface area contributed by atoms with Gasteiger partial charge in [-0.3, -0.25) is 0 Å². The minimum absolute atomic E-state index is 0.603. The van der Waals surface area contributed by atoms with E-state index in [4.69, 9.17) is 4.74 Å². The molecule has 64 valence electrons. The van der Waals surface area contributed by atoms with Crippen LogP contribution in [0.25, 0.3) is 0 Å². The Balaban J connectivity index is 2.19. The second kappa shape index (κ2) is 3.46. The summed E-state index contributed by atoms with van der Waals surface area (Å²) in [5.74, 6) is 0.603. The standard InChI is InChI=1S/C9H10BrNO/c10-11-9-3-1-2-7(4-9)8-5-12-6-8/h1-4,8,11H,5-6H2. The zero-order chi connectivity index (χ0) is 8.39. The number of ether oxygens (including phenoxy) is 1. The topological polar surface area (TPSA) is 21.3 Å². The van der Waals surface area contributed by atoms with Crippen molar-refractivity contribution in [2.45, 2.75) is 5.92 Å². The summed E-state index contributed by atoms with van der Waals surface area (Å²) in [5.41, 5.74) is 2.45. The van der Waals surface area contributed by atoms with Gasteiger partial charge in [-0.2, -0.15) is 0 Å². The van der Waals surface area contributed by atoms with Crippen molar-refractivity contribution in [3.63, 3.8) is 0 Å². The maximum atomic E-state index is 5.13. The first-order chi connectivity index (χ1) is 5.90. The fourth-order valence-corrected chi connectivity index (χ4v) is 1.53. The van der Waals surface area contributed by atoms with Crippen molar-refractivity contribution in [1.82, 2.24) is 0 Å². The number of hydrogen-bond donors (Lipinski definition) is 1. The van der Waals surface area contributed by atoms with Gasteiger partial charge in [0.25, 0.3) is 0 Å². The largest absolute Gasteiger partial charge is 0.380 e. The summed E-state index contributed by atoms with van der Waals surface area (Å²) in [6.07, 6.45) is 0. The van der Waals surface area contributed by atoms with Crippen LogP contribution in [0.15, 0.2) is 24.3 Å². The van der Waals surface area contributed by atoms with Crippen LogP contribution in [0.5, 0.6) is 0 Å². The van der Waals surface area contributed by atoms with Gasteiger partial charge in [-0.25, -0.2) is 0 Å². The molecule has 12 heavy (non-hydrogen) atoms. The van der Waals surface area contributed by atoms with Gasteiger partial charge in [0.15, 0.2) is 0 Å². The molecule has 0 saturated carbocycles. The average Bonchev–Trinajstić information content (AvgIpc) is 2.02. The van der Waals surface area contributed by atoms with Crippen LogP contribution in [0.3, 0.4) is 0 Å². The van der Waals surface area contributed by atoms with Crippen molar-refractivity contribution >= 4 is 21.8 Å². The molecular formula is C9H10BrNO. The third-order valence-corrected chi connectivity index (χ3v) is 2.56. The first kappa shape index (κ1) is 8.08. The lowest BCUT2D eigenvalue weighted by molar-refractivity contribution is 0.00845. The van der Waals surface area contributed by atoms with Crippen molar-refractivity contribution in [1.29, 1.82) is 0 Å². The van der Waals surface area contributed by atoms with Crippen LogP contribution < -0.4 is 4.34 Å². The highest BCUT2D eigenvalue weighted by atomic mass is 79.9. The molecule has 2 nitrogen and oxygen atoms in total. The minimum Gasteiger partial charge on any atom is -0.380 e. The molecule has 0 spiro atoms. The highest BCUT2D eigenvalue weighted by Crippen LogP contribution is 2.26. The third kappa shape index (κ3) is 1.47. The summed E-state index contributed by atoms with van der Waals surface area (Å²) in [5, 5.41) is 0. The van der Waals surface area contributed by atoms with Crippen molar-refractivity contribution in [2.75, 3.05) is 17.6 Å². The number of halogens is 1. The molecule has 1 aromatic rings. The zero-order valence-corrected chi connectivity index (χ0v) is 8.17. The van der Waals surface area contributed by atoms with Gasteiger partial charge in [0.1, 0.15) is 0 Å². The lowest BCUT2D eigenvalue weighted by Gasteiger charge is -2.26. The van der Waals surface area contributed by atoms with E-state index < -0.39 is 0 Å². The van der Waals surface area contributed by atoms with E-state index in [2.05, 4.69) is 38.7 Å². The Morgan fingerprint density at radius 2 is 2.25 bits per heavy atom. The molecule has 1 aliphatic rings. The summed E-state index contributed by atoms with van der Waals surface area (Å²) in [6.45, 7) is 1.73. The highest BCUT2D eigenvalue weighted by molar-refractivity contribution is 9.10. The van der Waals surface area contributed by atoms with E-state index in [9.17, 15) is 0 Å². The normalized spacial score (nSPS) is 17.1. The van der Waals surface area contributed by atoms with Crippen LogP contribution in [0.2, 0.25) is 0 Å². The average molecular weight is 228 g/mol. The van der Waals surface area contributed by atoms with Gasteiger partial charge in [0, 0.05) is 27.8 Å². The maximum Gasteiger partial charge on any atom is 0.0557 e. The Labute approximate surface area is 80.3 Å². The van der Waals surface area contributed by atoms with Crippen LogP contribution >= 0.6 is 16.1 Å². The number of nitrogens with one attached hydrogen (secondary N) is 1. The SMILES string of the molecule is BrNc1cccc(C2COC2)c1. The highest BCUT2D eigenvalue weighted by Gasteiger charge is 2.20. The molecule has 0 aromatic heterocycles. The first-order valence-corrected chi connectivity index (χ1v) is 4.74. The number of rotatable bonds is 2. The molecule has 1 aromatic carbocycles. The van der Waals surface area contributed by atoms with Crippen LogP contribution in [-0.2, 0) is 4.74 Å². The second-order valence-electron chi connectivity index (χ2n) is 2.95. The summed E-state index contributed by atoms with van der Waals surface area (Å²) in [4.78, 5) is 0. The summed E-state index contributed by atoms with van der Waals surface area (Å²) in [7, 11) is 0. The van der Waals surface area contributed by atoms with E-state index in [-0.39, 0.29) is 0 Å². The molecule has 1 fully saturated rings. The molecule has 2 rings (SSSR count). The third-order valence-electron chi connectivity index (χ3n) is 2.11. The van der Waals surface area contributed by atoms with E-state index in [1.807, 2.05) is 6.07 Å². The second-order valence-corrected chi connectivity index (χ2v) is 3.35. The molecule has 0 aliphatic carbocycles. The summed E-state index contributed by atoms with van der Waals surface area (Å²) in [6, 6.07) is 8.36. The Hall–Kier alpha value is -0.540. The van der Waals surface area contributed by atoms with Crippen molar-refractivity contribution in [2.24, 2.45) is 0 Å². The fourth-order valence-electron chi connectivity index (χ4n) is 1.28. The quantitative estimate of drug-likeness (QED) is 0.785. The molecule has 0 amide bonds. The van der Waals surface area contributed by atoms with Crippen LogP contribution in [-0.4, -0.2) is 13.2 Å². The van der Waals surface area contributed by atoms with E-state index in [1.54, 1.807) is 0 Å². The van der Waals surface area contributed by atoms with Gasteiger partial charge >= 0.3 is 0 Å². The smallest absolute Gasteiger partial charge is 0.0557 e. The number of benzene rings is 1. The lowest BCUT2D eigenvalue weighted by Crippen LogP contribution is -2.24. The van der Waals surface area contributed by atoms with Crippen LogP contribution in [0, 0.1) is 0 Å². The molecule has 0 bridgehead atoms. The Morgan fingerprint density at radius 1 is 1.42 bits per heavy atom. The van der Waals surface area contributed by atoms with E-state index in [0.717, 1.165) is 18.9 Å². The Morgan fingerprint density at radius 3 is 2.83 bits per heavy atom. The zero-order valence-electron chi connectivity index (χ0n) is 6.59. The van der Waals surface area contributed by atoms with Gasteiger partial charge in [-0.05, 0) is 17.7 Å². The molecule has 0 atom stereocenters. The van der Waals surface area contributed by atoms with Gasteiger partial charge in [0.2, 0.25) is 0 Å². The van der Waals surface area contributed by atoms with E-state index in [0.29, 0.717) is 5.92 Å². The molecule has 1 aliphatic heterocycles. The van der Waals surface area contributed by atoms with Gasteiger partial charge in [-0.1, -0.05) is 12.1 Å². The van der Waals surface area contributed by atoms with Crippen LogP contribution in [0.4, 0.5) is 5.69 Å². The van der Waals surface area contributed by atoms with E-state index >= 15 is 0 Å². The lowest BCUT2D eigenvalue weighted by atomic mass is 9.97.